The Kier molecular flexibility index (Phi) is 5.26. The van der Waals surface area contributed by atoms with Crippen molar-refractivity contribution in [1.29, 1.82) is 0 Å². The summed E-state index contributed by atoms with van der Waals surface area (Å²) in [6.07, 6.45) is 6.55. The number of hydrogen-bond donors (Lipinski definition) is 2. The number of nitrogens with zero attached hydrogens (tertiary/aromatic N) is 1. The molecular formula is C27H30FN3O2. The van der Waals surface area contributed by atoms with Gasteiger partial charge in [0.05, 0.1) is 16.8 Å². The summed E-state index contributed by atoms with van der Waals surface area (Å²) in [5.74, 6) is -1.36. The maximum Gasteiger partial charge on any atom is 0.253 e. The average Bonchev–Trinajstić information content (AvgIpc) is 3.06. The molecule has 1 saturated carbocycles. The van der Waals surface area contributed by atoms with E-state index in [1.807, 2.05) is 30.3 Å². The van der Waals surface area contributed by atoms with E-state index in [2.05, 4.69) is 19.2 Å². The molecule has 1 aliphatic heterocycles. The predicted molar refractivity (Wildman–Crippen MR) is 129 cm³/mol. The molecule has 1 aromatic heterocycles. The summed E-state index contributed by atoms with van der Waals surface area (Å²) in [5.41, 5.74) is 8.97. The minimum absolute atomic E-state index is 0.0542. The molecule has 2 aliphatic rings. The van der Waals surface area contributed by atoms with Gasteiger partial charge in [-0.2, -0.15) is 0 Å². The van der Waals surface area contributed by atoms with Crippen molar-refractivity contribution in [3.8, 4) is 11.1 Å². The van der Waals surface area contributed by atoms with E-state index in [1.54, 1.807) is 4.57 Å². The van der Waals surface area contributed by atoms with Crippen molar-refractivity contribution in [1.82, 2.24) is 4.57 Å². The van der Waals surface area contributed by atoms with Gasteiger partial charge in [-0.3, -0.25) is 14.2 Å². The van der Waals surface area contributed by atoms with Crippen LogP contribution < -0.4 is 11.1 Å². The SMILES string of the molecule is CC1(C)CC(=O)n2c(c(-c3cc(F)c(C(N)=O)c(NC4CCCCC4)c3)c3ccccc32)C1. The van der Waals surface area contributed by atoms with Crippen molar-refractivity contribution >= 4 is 28.4 Å². The molecule has 172 valence electrons. The van der Waals surface area contributed by atoms with E-state index in [9.17, 15) is 9.59 Å². The number of fused-ring (bicyclic) bond motifs is 3. The fraction of sp³-hybridized carbons (Fsp3) is 0.407. The van der Waals surface area contributed by atoms with Crippen LogP contribution in [0.1, 0.15) is 73.2 Å². The Hall–Kier alpha value is -3.15. The van der Waals surface area contributed by atoms with Gasteiger partial charge in [-0.1, -0.05) is 51.3 Å². The minimum Gasteiger partial charge on any atom is -0.382 e. The number of nitrogens with one attached hydrogen (secondary N) is 1. The van der Waals surface area contributed by atoms with Gasteiger partial charge < -0.3 is 11.1 Å². The van der Waals surface area contributed by atoms with Crippen LogP contribution in [0.3, 0.4) is 0 Å². The molecule has 3 aromatic rings. The Morgan fingerprint density at radius 1 is 1.12 bits per heavy atom. The summed E-state index contributed by atoms with van der Waals surface area (Å²) in [6, 6.07) is 11.2. The number of benzene rings is 2. The summed E-state index contributed by atoms with van der Waals surface area (Å²) in [6.45, 7) is 4.17. The number of primary amides is 1. The third-order valence-corrected chi connectivity index (χ3v) is 7.09. The molecule has 0 atom stereocenters. The zero-order valence-corrected chi connectivity index (χ0v) is 19.2. The number of para-hydroxylation sites is 1. The van der Waals surface area contributed by atoms with Crippen LogP contribution in [0, 0.1) is 11.2 Å². The molecule has 33 heavy (non-hydrogen) atoms. The van der Waals surface area contributed by atoms with Crippen LogP contribution >= 0.6 is 0 Å². The van der Waals surface area contributed by atoms with Gasteiger partial charge in [-0.25, -0.2) is 4.39 Å². The van der Waals surface area contributed by atoms with E-state index in [-0.39, 0.29) is 22.9 Å². The molecule has 1 amide bonds. The molecule has 1 aliphatic carbocycles. The van der Waals surface area contributed by atoms with E-state index in [4.69, 9.17) is 5.73 Å². The summed E-state index contributed by atoms with van der Waals surface area (Å²) in [5, 5.41) is 4.32. The largest absolute Gasteiger partial charge is 0.382 e. The van der Waals surface area contributed by atoms with Gasteiger partial charge in [-0.15, -0.1) is 0 Å². The second-order valence-electron chi connectivity index (χ2n) is 10.3. The monoisotopic (exact) mass is 447 g/mol. The molecule has 5 rings (SSSR count). The first kappa shape index (κ1) is 21.7. The zero-order chi connectivity index (χ0) is 23.3. The third kappa shape index (κ3) is 3.81. The quantitative estimate of drug-likeness (QED) is 0.522. The van der Waals surface area contributed by atoms with Crippen LogP contribution in [-0.4, -0.2) is 22.4 Å². The van der Waals surface area contributed by atoms with E-state index >= 15 is 4.39 Å². The number of hydrogen-bond acceptors (Lipinski definition) is 3. The lowest BCUT2D eigenvalue weighted by atomic mass is 9.80. The normalized spacial score (nSPS) is 18.3. The highest BCUT2D eigenvalue weighted by atomic mass is 19.1. The molecule has 2 heterocycles. The Labute approximate surface area is 193 Å². The van der Waals surface area contributed by atoms with Gasteiger partial charge in [-0.05, 0) is 48.4 Å². The standard InChI is InChI=1S/C27H30FN3O2/c1-27(2)14-22-24(18-10-6-7-11-21(18)31(22)23(32)15-27)16-12-19(28)25(26(29)33)20(13-16)30-17-8-4-3-5-9-17/h6-7,10-13,17,30H,3-5,8-9,14-15H2,1-2H3,(H2,29,33). The lowest BCUT2D eigenvalue weighted by molar-refractivity contribution is 0.0816. The second kappa shape index (κ2) is 8.01. The number of amides is 1. The van der Waals surface area contributed by atoms with Crippen molar-refractivity contribution in [3.63, 3.8) is 0 Å². The van der Waals surface area contributed by atoms with Gasteiger partial charge in [0, 0.05) is 29.1 Å². The highest BCUT2D eigenvalue weighted by molar-refractivity contribution is 6.06. The van der Waals surface area contributed by atoms with E-state index in [0.717, 1.165) is 47.8 Å². The first-order chi connectivity index (χ1) is 15.7. The fourth-order valence-electron chi connectivity index (χ4n) is 5.65. The molecular weight excluding hydrogens is 417 g/mol. The van der Waals surface area contributed by atoms with Crippen LogP contribution in [0.15, 0.2) is 36.4 Å². The van der Waals surface area contributed by atoms with Crippen molar-refractivity contribution in [2.75, 3.05) is 5.32 Å². The molecule has 0 unspecified atom stereocenters. The molecule has 6 heteroatoms. The van der Waals surface area contributed by atoms with Crippen LogP contribution in [-0.2, 0) is 6.42 Å². The molecule has 1 fully saturated rings. The topological polar surface area (TPSA) is 77.1 Å². The first-order valence-corrected chi connectivity index (χ1v) is 11.8. The third-order valence-electron chi connectivity index (χ3n) is 7.09. The Bertz CT molecular complexity index is 1270. The van der Waals surface area contributed by atoms with Crippen molar-refractivity contribution in [2.45, 2.75) is 64.8 Å². The predicted octanol–water partition coefficient (Wildman–Crippen LogP) is 5.90. The smallest absolute Gasteiger partial charge is 0.253 e. The number of halogens is 1. The van der Waals surface area contributed by atoms with Crippen LogP contribution in [0.2, 0.25) is 0 Å². The Balaban J connectivity index is 1.72. The van der Waals surface area contributed by atoms with Crippen LogP contribution in [0.25, 0.3) is 22.0 Å². The highest BCUT2D eigenvalue weighted by Gasteiger charge is 2.35. The molecule has 3 N–H and O–H groups in total. The number of nitrogens with two attached hydrogens (primary N) is 1. The van der Waals surface area contributed by atoms with Crippen LogP contribution in [0.5, 0.6) is 0 Å². The van der Waals surface area contributed by atoms with Gasteiger partial charge in [0.25, 0.3) is 5.91 Å². The van der Waals surface area contributed by atoms with Gasteiger partial charge in [0.15, 0.2) is 0 Å². The Morgan fingerprint density at radius 3 is 2.58 bits per heavy atom. The number of aromatic nitrogens is 1. The molecule has 2 aromatic carbocycles. The first-order valence-electron chi connectivity index (χ1n) is 11.8. The lowest BCUT2D eigenvalue weighted by Crippen LogP contribution is -2.31. The molecule has 0 bridgehead atoms. The van der Waals surface area contributed by atoms with Gasteiger partial charge in [0.2, 0.25) is 5.91 Å². The van der Waals surface area contributed by atoms with Crippen LogP contribution in [0.4, 0.5) is 10.1 Å². The summed E-state index contributed by atoms with van der Waals surface area (Å²) >= 11 is 0. The van der Waals surface area contributed by atoms with Gasteiger partial charge in [0.1, 0.15) is 5.82 Å². The minimum atomic E-state index is -0.780. The molecule has 0 radical (unpaired) electrons. The lowest BCUT2D eigenvalue weighted by Gasteiger charge is -2.31. The number of carbonyl (C=O) groups excluding carboxylic acids is 2. The second-order valence-corrected chi connectivity index (χ2v) is 10.3. The molecule has 0 saturated heterocycles. The highest BCUT2D eigenvalue weighted by Crippen LogP contribution is 2.44. The van der Waals surface area contributed by atoms with Crippen molar-refractivity contribution in [3.05, 3.63) is 53.5 Å². The van der Waals surface area contributed by atoms with Gasteiger partial charge >= 0.3 is 0 Å². The molecule has 5 nitrogen and oxygen atoms in total. The Morgan fingerprint density at radius 2 is 1.85 bits per heavy atom. The summed E-state index contributed by atoms with van der Waals surface area (Å²) < 4.78 is 17.1. The maximum absolute atomic E-state index is 15.4. The molecule has 0 spiro atoms. The van der Waals surface area contributed by atoms with E-state index in [1.165, 1.54) is 12.5 Å². The van der Waals surface area contributed by atoms with Crippen molar-refractivity contribution < 1.29 is 14.0 Å². The number of carbonyl (C=O) groups is 2. The summed E-state index contributed by atoms with van der Waals surface area (Å²) in [7, 11) is 0. The average molecular weight is 448 g/mol. The summed E-state index contributed by atoms with van der Waals surface area (Å²) in [4.78, 5) is 25.3. The maximum atomic E-state index is 15.4. The van der Waals surface area contributed by atoms with Crippen molar-refractivity contribution in [2.24, 2.45) is 11.1 Å². The van der Waals surface area contributed by atoms with E-state index < -0.39 is 11.7 Å². The number of anilines is 1. The van der Waals surface area contributed by atoms with E-state index in [0.29, 0.717) is 24.1 Å². The number of rotatable bonds is 4. The zero-order valence-electron chi connectivity index (χ0n) is 19.2. The fourth-order valence-corrected chi connectivity index (χ4v) is 5.65.